The maximum atomic E-state index is 12.9. The van der Waals surface area contributed by atoms with Gasteiger partial charge in [0, 0.05) is 29.9 Å². The van der Waals surface area contributed by atoms with Crippen LogP contribution in [-0.2, 0) is 16.0 Å². The summed E-state index contributed by atoms with van der Waals surface area (Å²) in [5.74, 6) is -2.18. The molecule has 1 aromatic heterocycles. The van der Waals surface area contributed by atoms with Crippen LogP contribution in [0.4, 0.5) is 0 Å². The summed E-state index contributed by atoms with van der Waals surface area (Å²) in [5, 5.41) is 5.38. The minimum atomic E-state index is -1.07. The molecule has 0 unspecified atom stereocenters. The Bertz CT molecular complexity index is 1140. The lowest BCUT2D eigenvalue weighted by Crippen LogP contribution is -2.48. The molecule has 0 saturated heterocycles. The zero-order chi connectivity index (χ0) is 21.0. The molecule has 0 spiro atoms. The molecule has 0 aliphatic carbocycles. The van der Waals surface area contributed by atoms with Crippen LogP contribution in [0.25, 0.3) is 10.9 Å². The molecule has 3 rings (SSSR count). The van der Waals surface area contributed by atoms with E-state index in [1.807, 2.05) is 18.2 Å². The van der Waals surface area contributed by atoms with Crippen LogP contribution in [0.2, 0.25) is 0 Å². The average Bonchev–Trinajstić information content (AvgIpc) is 2.75. The summed E-state index contributed by atoms with van der Waals surface area (Å²) in [5.41, 5.74) is 1.36. The smallest absolute Gasteiger partial charge is 0.289 e. The van der Waals surface area contributed by atoms with Crippen molar-refractivity contribution in [1.29, 1.82) is 0 Å². The molecule has 3 aromatic rings. The van der Waals surface area contributed by atoms with Crippen LogP contribution < -0.4 is 16.1 Å². The van der Waals surface area contributed by atoms with Gasteiger partial charge in [-0.1, -0.05) is 42.5 Å². The first kappa shape index (κ1) is 20.0. The molecule has 7 nitrogen and oxygen atoms in total. The lowest BCUT2D eigenvalue weighted by Gasteiger charge is -2.18. The zero-order valence-electron chi connectivity index (χ0n) is 16.1. The Labute approximate surface area is 167 Å². The summed E-state index contributed by atoms with van der Waals surface area (Å²) in [7, 11) is 1.35. The summed E-state index contributed by atoms with van der Waals surface area (Å²) >= 11 is 0. The fourth-order valence-electron chi connectivity index (χ4n) is 3.13. The quantitative estimate of drug-likeness (QED) is 0.553. The molecule has 0 radical (unpaired) electrons. The first-order valence-electron chi connectivity index (χ1n) is 9.14. The van der Waals surface area contributed by atoms with E-state index in [9.17, 15) is 19.2 Å². The summed E-state index contributed by atoms with van der Waals surface area (Å²) in [4.78, 5) is 52.9. The number of benzene rings is 2. The minimum Gasteiger partial charge on any atom is -0.353 e. The van der Waals surface area contributed by atoms with Crippen molar-refractivity contribution in [2.75, 3.05) is 7.05 Å². The molecule has 2 aromatic carbocycles. The van der Waals surface area contributed by atoms with Crippen molar-refractivity contribution in [3.63, 3.8) is 0 Å². The van der Waals surface area contributed by atoms with Crippen LogP contribution in [0.15, 0.2) is 59.4 Å². The molecule has 1 heterocycles. The maximum absolute atomic E-state index is 12.9. The zero-order valence-corrected chi connectivity index (χ0v) is 16.1. The topological polar surface area (TPSA) is 108 Å². The fourth-order valence-corrected chi connectivity index (χ4v) is 3.13. The van der Waals surface area contributed by atoms with E-state index >= 15 is 0 Å². The normalized spacial score (nSPS) is 11.7. The number of hydrogen-bond donors (Lipinski definition) is 3. The number of carbonyl (C=O) groups excluding carboxylic acids is 3. The number of aromatic nitrogens is 1. The Balaban J connectivity index is 1.95. The van der Waals surface area contributed by atoms with Crippen molar-refractivity contribution < 1.29 is 14.4 Å². The van der Waals surface area contributed by atoms with Gasteiger partial charge in [-0.3, -0.25) is 19.2 Å². The molecule has 148 valence electrons. The molecule has 0 saturated carbocycles. The summed E-state index contributed by atoms with van der Waals surface area (Å²) in [6.45, 7) is 1.55. The summed E-state index contributed by atoms with van der Waals surface area (Å²) < 4.78 is 0. The van der Waals surface area contributed by atoms with Gasteiger partial charge >= 0.3 is 0 Å². The predicted octanol–water partition coefficient (Wildman–Crippen LogP) is 1.49. The van der Waals surface area contributed by atoms with E-state index in [0.29, 0.717) is 10.9 Å². The number of fused-ring (bicyclic) bond motifs is 1. The lowest BCUT2D eigenvalue weighted by atomic mass is 10.0. The Kier molecular flexibility index (Phi) is 5.87. The number of rotatable bonds is 6. The van der Waals surface area contributed by atoms with Crippen molar-refractivity contribution in [3.8, 4) is 0 Å². The van der Waals surface area contributed by atoms with Gasteiger partial charge in [0.15, 0.2) is 5.43 Å². The molecule has 2 amide bonds. The Morgan fingerprint density at radius 1 is 1.00 bits per heavy atom. The molecular formula is C22H21N3O4. The number of hydrogen-bond acceptors (Lipinski definition) is 4. The van der Waals surface area contributed by atoms with Gasteiger partial charge in [-0.2, -0.15) is 0 Å². The van der Waals surface area contributed by atoms with Crippen LogP contribution in [0.3, 0.4) is 0 Å². The molecule has 0 aliphatic rings. The number of carbonyl (C=O) groups is 3. The van der Waals surface area contributed by atoms with Crippen LogP contribution in [0.5, 0.6) is 0 Å². The highest BCUT2D eigenvalue weighted by Crippen LogP contribution is 2.12. The largest absolute Gasteiger partial charge is 0.353 e. The molecule has 1 atom stereocenters. The van der Waals surface area contributed by atoms with Gasteiger partial charge in [-0.25, -0.2) is 0 Å². The lowest BCUT2D eigenvalue weighted by molar-refractivity contribution is -0.138. The van der Waals surface area contributed by atoms with E-state index in [1.165, 1.54) is 7.05 Å². The molecular weight excluding hydrogens is 370 g/mol. The van der Waals surface area contributed by atoms with Gasteiger partial charge in [-0.05, 0) is 24.6 Å². The number of nitrogens with one attached hydrogen (secondary N) is 3. The van der Waals surface area contributed by atoms with Crippen LogP contribution in [0, 0.1) is 6.92 Å². The number of amides is 2. The van der Waals surface area contributed by atoms with E-state index in [4.69, 9.17) is 0 Å². The third-order valence-corrected chi connectivity index (χ3v) is 4.73. The van der Waals surface area contributed by atoms with Crippen LogP contribution in [0.1, 0.15) is 21.6 Å². The summed E-state index contributed by atoms with van der Waals surface area (Å²) in [6.07, 6.45) is 0.149. The van der Waals surface area contributed by atoms with Gasteiger partial charge in [-0.15, -0.1) is 0 Å². The Morgan fingerprint density at radius 3 is 2.34 bits per heavy atom. The second kappa shape index (κ2) is 8.52. The van der Waals surface area contributed by atoms with Crippen molar-refractivity contribution >= 4 is 28.5 Å². The standard InChI is InChI=1S/C22H21N3O4/c1-13-18(24-16-11-7-6-10-15(16)19(13)26)21(28)25-17(20(27)22(29)23-2)12-14-8-4-3-5-9-14/h3-11,17H,12H2,1-2H3,(H,23,29)(H,24,26)(H,25,28)/t17-/m0/s1. The van der Waals surface area contributed by atoms with Crippen molar-refractivity contribution in [2.45, 2.75) is 19.4 Å². The van der Waals surface area contributed by atoms with Crippen molar-refractivity contribution in [3.05, 3.63) is 81.6 Å². The molecule has 3 N–H and O–H groups in total. The highest BCUT2D eigenvalue weighted by atomic mass is 16.2. The number of ketones is 1. The van der Waals surface area contributed by atoms with E-state index in [1.54, 1.807) is 43.3 Å². The second-order valence-electron chi connectivity index (χ2n) is 6.66. The van der Waals surface area contributed by atoms with E-state index < -0.39 is 23.6 Å². The Hall–Kier alpha value is -3.74. The number of Topliss-reactive ketones (excluding diaryl/α,β-unsaturated/α-hetero) is 1. The second-order valence-corrected chi connectivity index (χ2v) is 6.66. The number of aromatic amines is 1. The number of pyridine rings is 1. The van der Waals surface area contributed by atoms with Gasteiger partial charge in [0.2, 0.25) is 5.78 Å². The molecule has 7 heteroatoms. The van der Waals surface area contributed by atoms with E-state index in [0.717, 1.165) is 5.56 Å². The number of para-hydroxylation sites is 1. The SMILES string of the molecule is CNC(=O)C(=O)[C@H](Cc1ccccc1)NC(=O)c1[nH]c2ccccc2c(=O)c1C. The monoisotopic (exact) mass is 391 g/mol. The highest BCUT2D eigenvalue weighted by Gasteiger charge is 2.28. The average molecular weight is 391 g/mol. The molecule has 0 aliphatic heterocycles. The van der Waals surface area contributed by atoms with Crippen LogP contribution >= 0.6 is 0 Å². The minimum absolute atomic E-state index is 0.0662. The number of likely N-dealkylation sites (N-methyl/N-ethyl adjacent to an activating group) is 1. The molecule has 29 heavy (non-hydrogen) atoms. The first-order valence-corrected chi connectivity index (χ1v) is 9.14. The Morgan fingerprint density at radius 2 is 1.66 bits per heavy atom. The summed E-state index contributed by atoms with van der Waals surface area (Å²) in [6, 6.07) is 14.9. The third kappa shape index (κ3) is 4.24. The fraction of sp³-hybridized carbons (Fsp3) is 0.182. The van der Waals surface area contributed by atoms with Gasteiger partial charge in [0.1, 0.15) is 11.7 Å². The van der Waals surface area contributed by atoms with Crippen molar-refractivity contribution in [2.24, 2.45) is 0 Å². The predicted molar refractivity (Wildman–Crippen MR) is 110 cm³/mol. The van der Waals surface area contributed by atoms with Crippen LogP contribution in [-0.4, -0.2) is 35.7 Å². The number of H-pyrrole nitrogens is 1. The van der Waals surface area contributed by atoms with Gasteiger partial charge in [0.25, 0.3) is 11.8 Å². The van der Waals surface area contributed by atoms with Gasteiger partial charge in [0.05, 0.1) is 0 Å². The van der Waals surface area contributed by atoms with E-state index in [-0.39, 0.29) is 23.1 Å². The first-order chi connectivity index (χ1) is 13.9. The third-order valence-electron chi connectivity index (χ3n) is 4.73. The molecule has 0 bridgehead atoms. The van der Waals surface area contributed by atoms with Crippen molar-refractivity contribution in [1.82, 2.24) is 15.6 Å². The van der Waals surface area contributed by atoms with E-state index in [2.05, 4.69) is 15.6 Å². The maximum Gasteiger partial charge on any atom is 0.289 e. The van der Waals surface area contributed by atoms with Gasteiger partial charge < -0.3 is 15.6 Å². The molecule has 0 fully saturated rings. The highest BCUT2D eigenvalue weighted by molar-refractivity contribution is 6.38.